The summed E-state index contributed by atoms with van der Waals surface area (Å²) in [5, 5.41) is 14.0. The van der Waals surface area contributed by atoms with Crippen LogP contribution in [0.15, 0.2) is 36.5 Å². The number of pyridine rings is 1. The fourth-order valence-corrected chi connectivity index (χ4v) is 1.86. The second-order valence-corrected chi connectivity index (χ2v) is 4.78. The number of hydrogen-bond acceptors (Lipinski definition) is 6. The molecule has 0 amide bonds. The lowest BCUT2D eigenvalue weighted by molar-refractivity contribution is -0.384. The quantitative estimate of drug-likeness (QED) is 0.649. The van der Waals surface area contributed by atoms with E-state index in [4.69, 9.17) is 9.47 Å². The topological polar surface area (TPSA) is 86.5 Å². The molecule has 0 spiro atoms. The maximum atomic E-state index is 11.1. The molecule has 0 radical (unpaired) electrons. The third kappa shape index (κ3) is 3.63. The van der Waals surface area contributed by atoms with Crippen molar-refractivity contribution in [2.45, 2.75) is 20.0 Å². The van der Waals surface area contributed by atoms with Gasteiger partial charge in [-0.05, 0) is 32.0 Å². The minimum Gasteiger partial charge on any atom is -0.497 e. The molecule has 7 heteroatoms. The van der Waals surface area contributed by atoms with Crippen molar-refractivity contribution in [2.24, 2.45) is 0 Å². The Morgan fingerprint density at radius 2 is 2.09 bits per heavy atom. The van der Waals surface area contributed by atoms with Crippen LogP contribution in [0.2, 0.25) is 0 Å². The molecule has 0 unspecified atom stereocenters. The normalized spacial score (nSPS) is 10.4. The van der Waals surface area contributed by atoms with Crippen LogP contribution in [0.25, 0.3) is 0 Å². The van der Waals surface area contributed by atoms with Gasteiger partial charge in [-0.15, -0.1) is 0 Å². The number of benzene rings is 1. The van der Waals surface area contributed by atoms with E-state index in [0.29, 0.717) is 17.2 Å². The molecule has 1 aromatic carbocycles. The lowest BCUT2D eigenvalue weighted by atomic mass is 10.2. The molecule has 7 nitrogen and oxygen atoms in total. The van der Waals surface area contributed by atoms with Crippen LogP contribution in [0.1, 0.15) is 13.8 Å². The second kappa shape index (κ2) is 6.75. The highest BCUT2D eigenvalue weighted by Crippen LogP contribution is 2.34. The fraction of sp³-hybridized carbons (Fsp3) is 0.267. The summed E-state index contributed by atoms with van der Waals surface area (Å²) in [4.78, 5) is 14.6. The van der Waals surface area contributed by atoms with Gasteiger partial charge in [0, 0.05) is 18.3 Å². The van der Waals surface area contributed by atoms with Crippen molar-refractivity contribution < 1.29 is 14.4 Å². The summed E-state index contributed by atoms with van der Waals surface area (Å²) in [6, 6.07) is 8.11. The standard InChI is InChI=1S/C15H17N3O4/c1-10(2)22-14-7-6-11(21-3)9-12(14)17-15-13(18(19)20)5-4-8-16-15/h4-10H,1-3H3,(H,16,17). The number of nitrogens with one attached hydrogen (secondary N) is 1. The van der Waals surface area contributed by atoms with Crippen LogP contribution < -0.4 is 14.8 Å². The lowest BCUT2D eigenvalue weighted by Gasteiger charge is -2.16. The van der Waals surface area contributed by atoms with E-state index < -0.39 is 4.92 Å². The van der Waals surface area contributed by atoms with Crippen LogP contribution in [0.4, 0.5) is 17.2 Å². The summed E-state index contributed by atoms with van der Waals surface area (Å²) >= 11 is 0. The number of nitrogens with zero attached hydrogens (tertiary/aromatic N) is 2. The molecule has 2 aromatic rings. The number of ether oxygens (including phenoxy) is 2. The molecular formula is C15H17N3O4. The van der Waals surface area contributed by atoms with Gasteiger partial charge in [-0.2, -0.15) is 0 Å². The third-order valence-corrected chi connectivity index (χ3v) is 2.79. The summed E-state index contributed by atoms with van der Waals surface area (Å²) in [5.74, 6) is 1.32. The number of anilines is 2. The molecule has 0 atom stereocenters. The molecule has 0 aliphatic carbocycles. The molecular weight excluding hydrogens is 286 g/mol. The van der Waals surface area contributed by atoms with E-state index in [9.17, 15) is 10.1 Å². The van der Waals surface area contributed by atoms with Gasteiger partial charge in [0.15, 0.2) is 0 Å². The Kier molecular flexibility index (Phi) is 4.77. The lowest BCUT2D eigenvalue weighted by Crippen LogP contribution is -2.08. The maximum absolute atomic E-state index is 11.1. The maximum Gasteiger partial charge on any atom is 0.311 e. The Morgan fingerprint density at radius 1 is 1.32 bits per heavy atom. The van der Waals surface area contributed by atoms with Gasteiger partial charge in [-0.1, -0.05) is 0 Å². The molecule has 1 heterocycles. The van der Waals surface area contributed by atoms with Crippen LogP contribution in [0.3, 0.4) is 0 Å². The van der Waals surface area contributed by atoms with Crippen molar-refractivity contribution in [3.05, 3.63) is 46.6 Å². The van der Waals surface area contributed by atoms with Crippen molar-refractivity contribution in [1.82, 2.24) is 4.98 Å². The van der Waals surface area contributed by atoms with E-state index in [0.717, 1.165) is 0 Å². The number of hydrogen-bond donors (Lipinski definition) is 1. The van der Waals surface area contributed by atoms with Crippen molar-refractivity contribution in [1.29, 1.82) is 0 Å². The smallest absolute Gasteiger partial charge is 0.311 e. The third-order valence-electron chi connectivity index (χ3n) is 2.79. The molecule has 1 aromatic heterocycles. The van der Waals surface area contributed by atoms with Gasteiger partial charge in [0.25, 0.3) is 0 Å². The number of methoxy groups -OCH3 is 1. The monoisotopic (exact) mass is 303 g/mol. The van der Waals surface area contributed by atoms with E-state index in [1.54, 1.807) is 25.3 Å². The second-order valence-electron chi connectivity index (χ2n) is 4.78. The molecule has 0 bridgehead atoms. The molecule has 1 N–H and O–H groups in total. The Bertz CT molecular complexity index is 674. The van der Waals surface area contributed by atoms with Crippen LogP contribution in [0, 0.1) is 10.1 Å². The van der Waals surface area contributed by atoms with Crippen molar-refractivity contribution in [3.8, 4) is 11.5 Å². The zero-order valence-electron chi connectivity index (χ0n) is 12.6. The van der Waals surface area contributed by atoms with Crippen LogP contribution in [-0.4, -0.2) is 23.1 Å². The summed E-state index contributed by atoms with van der Waals surface area (Å²) in [5.41, 5.74) is 0.440. The molecule has 0 fully saturated rings. The van der Waals surface area contributed by atoms with Gasteiger partial charge >= 0.3 is 5.69 Å². The first-order chi connectivity index (χ1) is 10.5. The minimum atomic E-state index is -0.488. The molecule has 0 aliphatic heterocycles. The van der Waals surface area contributed by atoms with E-state index in [1.165, 1.54) is 18.3 Å². The first-order valence-corrected chi connectivity index (χ1v) is 6.72. The Morgan fingerprint density at radius 3 is 2.73 bits per heavy atom. The number of rotatable bonds is 6. The van der Waals surface area contributed by atoms with Crippen LogP contribution >= 0.6 is 0 Å². The van der Waals surface area contributed by atoms with Gasteiger partial charge in [-0.3, -0.25) is 10.1 Å². The van der Waals surface area contributed by atoms with Crippen molar-refractivity contribution >= 4 is 17.2 Å². The van der Waals surface area contributed by atoms with E-state index >= 15 is 0 Å². The first kappa shape index (κ1) is 15.6. The fourth-order valence-electron chi connectivity index (χ4n) is 1.86. The molecule has 0 aliphatic rings. The van der Waals surface area contributed by atoms with Crippen molar-refractivity contribution in [2.75, 3.05) is 12.4 Å². The highest BCUT2D eigenvalue weighted by atomic mass is 16.6. The minimum absolute atomic E-state index is 0.0346. The summed E-state index contributed by atoms with van der Waals surface area (Å²) < 4.78 is 10.9. The van der Waals surface area contributed by atoms with Gasteiger partial charge < -0.3 is 14.8 Å². The average molecular weight is 303 g/mol. The predicted octanol–water partition coefficient (Wildman–Crippen LogP) is 3.53. The molecule has 116 valence electrons. The highest BCUT2D eigenvalue weighted by molar-refractivity contribution is 5.71. The highest BCUT2D eigenvalue weighted by Gasteiger charge is 2.16. The van der Waals surface area contributed by atoms with E-state index in [2.05, 4.69) is 10.3 Å². The molecule has 2 rings (SSSR count). The van der Waals surface area contributed by atoms with Crippen LogP contribution in [-0.2, 0) is 0 Å². The van der Waals surface area contributed by atoms with Gasteiger partial charge in [0.1, 0.15) is 11.5 Å². The summed E-state index contributed by atoms with van der Waals surface area (Å²) in [7, 11) is 1.55. The molecule has 0 saturated heterocycles. The zero-order chi connectivity index (χ0) is 16.1. The van der Waals surface area contributed by atoms with E-state index in [1.807, 2.05) is 13.8 Å². The number of nitro groups is 1. The zero-order valence-corrected chi connectivity index (χ0v) is 12.6. The van der Waals surface area contributed by atoms with Crippen LogP contribution in [0.5, 0.6) is 11.5 Å². The summed E-state index contributed by atoms with van der Waals surface area (Å²) in [6.45, 7) is 3.80. The first-order valence-electron chi connectivity index (χ1n) is 6.72. The van der Waals surface area contributed by atoms with Gasteiger partial charge in [0.05, 0.1) is 23.8 Å². The van der Waals surface area contributed by atoms with E-state index in [-0.39, 0.29) is 17.6 Å². The summed E-state index contributed by atoms with van der Waals surface area (Å²) in [6.07, 6.45) is 1.45. The average Bonchev–Trinajstić information content (AvgIpc) is 2.49. The predicted molar refractivity (Wildman–Crippen MR) is 82.9 cm³/mol. The Hall–Kier alpha value is -2.83. The number of aromatic nitrogens is 1. The van der Waals surface area contributed by atoms with Gasteiger partial charge in [0.2, 0.25) is 5.82 Å². The molecule has 0 saturated carbocycles. The SMILES string of the molecule is COc1ccc(OC(C)C)c(Nc2ncccc2[N+](=O)[O-])c1. The Balaban J connectivity index is 2.41. The Labute approximate surface area is 128 Å². The van der Waals surface area contributed by atoms with Gasteiger partial charge in [-0.25, -0.2) is 4.98 Å². The molecule has 22 heavy (non-hydrogen) atoms. The van der Waals surface area contributed by atoms with Crippen molar-refractivity contribution in [3.63, 3.8) is 0 Å². The largest absolute Gasteiger partial charge is 0.497 e.